The van der Waals surface area contributed by atoms with Gasteiger partial charge in [0.25, 0.3) is 5.71 Å². The molecule has 0 radical (unpaired) electrons. The first-order valence-corrected chi connectivity index (χ1v) is 7.16. The molecule has 3 aromatic heterocycles. The van der Waals surface area contributed by atoms with E-state index in [4.69, 9.17) is 16.0 Å². The number of aromatic nitrogens is 4. The zero-order valence-corrected chi connectivity index (χ0v) is 12.7. The van der Waals surface area contributed by atoms with Crippen molar-refractivity contribution >= 4 is 33.8 Å². The van der Waals surface area contributed by atoms with Crippen LogP contribution in [0.25, 0.3) is 27.9 Å². The number of halogens is 2. The van der Waals surface area contributed by atoms with E-state index in [2.05, 4.69) is 15.3 Å². The minimum Gasteiger partial charge on any atom is -0.433 e. The minimum atomic E-state index is -0.514. The van der Waals surface area contributed by atoms with Crippen LogP contribution in [0.1, 0.15) is 11.3 Å². The maximum atomic E-state index is 13.4. The third-order valence-electron chi connectivity index (χ3n) is 3.68. The maximum Gasteiger partial charge on any atom is 0.267 e. The molecule has 0 bridgehead atoms. The molecule has 0 saturated carbocycles. The van der Waals surface area contributed by atoms with Gasteiger partial charge in [-0.2, -0.15) is 0 Å². The number of fused-ring (bicyclic) bond motifs is 3. The van der Waals surface area contributed by atoms with Gasteiger partial charge in [0, 0.05) is 11.8 Å². The molecule has 23 heavy (non-hydrogen) atoms. The van der Waals surface area contributed by atoms with Crippen molar-refractivity contribution in [1.82, 2.24) is 20.0 Å². The molecule has 0 saturated heterocycles. The van der Waals surface area contributed by atoms with Crippen molar-refractivity contribution in [3.63, 3.8) is 0 Å². The van der Waals surface area contributed by atoms with Gasteiger partial charge in [-0.3, -0.25) is 4.98 Å². The van der Waals surface area contributed by atoms with Gasteiger partial charge in [-0.15, -0.1) is 0 Å². The molecule has 3 heterocycles. The molecule has 0 atom stereocenters. The van der Waals surface area contributed by atoms with Gasteiger partial charge >= 0.3 is 0 Å². The van der Waals surface area contributed by atoms with E-state index in [9.17, 15) is 9.50 Å². The third-order valence-corrected chi connectivity index (χ3v) is 3.97. The highest BCUT2D eigenvalue weighted by molar-refractivity contribution is 6.30. The predicted octanol–water partition coefficient (Wildman–Crippen LogP) is 3.15. The Hall–Kier alpha value is -2.51. The monoisotopic (exact) mass is 332 g/mol. The van der Waals surface area contributed by atoms with Gasteiger partial charge in [0.15, 0.2) is 5.58 Å². The fraction of sp³-hybridized carbons (Fsp3) is 0.133. The molecule has 0 amide bonds. The van der Waals surface area contributed by atoms with Gasteiger partial charge in [0.1, 0.15) is 11.3 Å². The first-order chi connectivity index (χ1) is 11.1. The average molecular weight is 333 g/mol. The molecule has 0 fully saturated rings. The Bertz CT molecular complexity index is 1060. The number of aliphatic hydroxyl groups is 1. The largest absolute Gasteiger partial charge is 0.433 e. The van der Waals surface area contributed by atoms with Crippen molar-refractivity contribution in [2.75, 3.05) is 0 Å². The Morgan fingerprint density at radius 2 is 2.22 bits per heavy atom. The third kappa shape index (κ3) is 2.01. The molecule has 0 unspecified atom stereocenters. The van der Waals surface area contributed by atoms with Crippen molar-refractivity contribution < 1.29 is 13.9 Å². The Labute approximate surface area is 134 Å². The van der Waals surface area contributed by atoms with Crippen molar-refractivity contribution in [3.05, 3.63) is 46.5 Å². The molecule has 0 aliphatic carbocycles. The van der Waals surface area contributed by atoms with E-state index in [0.29, 0.717) is 39.1 Å². The second kappa shape index (κ2) is 5.00. The smallest absolute Gasteiger partial charge is 0.267 e. The second-order valence-electron chi connectivity index (χ2n) is 5.09. The fourth-order valence-corrected chi connectivity index (χ4v) is 2.75. The maximum absolute atomic E-state index is 13.4. The quantitative estimate of drug-likeness (QED) is 0.610. The summed E-state index contributed by atoms with van der Waals surface area (Å²) in [5.41, 5.74) is 3.25. The predicted molar refractivity (Wildman–Crippen MR) is 82.1 cm³/mol. The lowest BCUT2D eigenvalue weighted by atomic mass is 10.1. The summed E-state index contributed by atoms with van der Waals surface area (Å²) in [6, 6.07) is 4.25. The van der Waals surface area contributed by atoms with Gasteiger partial charge in [0.2, 0.25) is 0 Å². The van der Waals surface area contributed by atoms with Crippen LogP contribution in [-0.2, 0) is 6.61 Å². The summed E-state index contributed by atoms with van der Waals surface area (Å²) >= 11 is 5.85. The number of nitrogens with zero attached hydrogens (tertiary/aromatic N) is 4. The van der Waals surface area contributed by atoms with Gasteiger partial charge < -0.3 is 9.52 Å². The Morgan fingerprint density at radius 1 is 1.39 bits per heavy atom. The van der Waals surface area contributed by atoms with Crippen LogP contribution in [0, 0.1) is 12.7 Å². The number of rotatable bonds is 2. The Kier molecular flexibility index (Phi) is 3.07. The fourth-order valence-electron chi connectivity index (χ4n) is 2.57. The summed E-state index contributed by atoms with van der Waals surface area (Å²) in [6.07, 6.45) is 1.58. The molecule has 0 aliphatic rings. The Balaban J connectivity index is 2.10. The molecule has 1 N–H and O–H groups in total. The normalized spacial score (nSPS) is 11.7. The van der Waals surface area contributed by atoms with Crippen LogP contribution in [0.2, 0.25) is 5.02 Å². The standard InChI is InChI=1S/C15H10ClFN4O2/c1-7-14-12(8(6-22)5-18-7)13-15(23-14)19-20-21(13)9-2-3-11(17)10(16)4-9/h2-5,22H,6H2,1H3. The summed E-state index contributed by atoms with van der Waals surface area (Å²) in [6.45, 7) is 1.60. The zero-order chi connectivity index (χ0) is 16.1. The van der Waals surface area contributed by atoms with E-state index < -0.39 is 5.82 Å². The Morgan fingerprint density at radius 3 is 2.96 bits per heavy atom. The average Bonchev–Trinajstić information content (AvgIpc) is 3.11. The number of furan rings is 1. The van der Waals surface area contributed by atoms with Gasteiger partial charge in [0.05, 0.1) is 28.4 Å². The number of hydrogen-bond acceptors (Lipinski definition) is 5. The van der Waals surface area contributed by atoms with E-state index >= 15 is 0 Å². The summed E-state index contributed by atoms with van der Waals surface area (Å²) in [5.74, 6) is -0.514. The molecule has 4 aromatic rings. The molecule has 0 aliphatic heterocycles. The first kappa shape index (κ1) is 14.1. The van der Waals surface area contributed by atoms with Crippen molar-refractivity contribution in [2.45, 2.75) is 13.5 Å². The molecular formula is C15H10ClFN4O2. The highest BCUT2D eigenvalue weighted by atomic mass is 35.5. The van der Waals surface area contributed by atoms with E-state index in [1.165, 1.54) is 16.8 Å². The SMILES string of the molecule is Cc1ncc(CO)c2c1oc1nnn(-c3ccc(F)c(Cl)c3)c12. The molecule has 8 heteroatoms. The summed E-state index contributed by atoms with van der Waals surface area (Å²) in [4.78, 5) is 4.20. The van der Waals surface area contributed by atoms with Gasteiger partial charge in [-0.05, 0) is 25.1 Å². The van der Waals surface area contributed by atoms with E-state index in [-0.39, 0.29) is 11.6 Å². The highest BCUT2D eigenvalue weighted by Crippen LogP contribution is 2.33. The van der Waals surface area contributed by atoms with Crippen LogP contribution >= 0.6 is 11.6 Å². The first-order valence-electron chi connectivity index (χ1n) is 6.79. The van der Waals surface area contributed by atoms with Crippen LogP contribution < -0.4 is 0 Å². The zero-order valence-electron chi connectivity index (χ0n) is 11.9. The second-order valence-corrected chi connectivity index (χ2v) is 5.49. The van der Waals surface area contributed by atoms with Crippen LogP contribution in [0.3, 0.4) is 0 Å². The highest BCUT2D eigenvalue weighted by Gasteiger charge is 2.20. The lowest BCUT2D eigenvalue weighted by molar-refractivity contribution is 0.283. The van der Waals surface area contributed by atoms with E-state index in [1.54, 1.807) is 19.2 Å². The lowest BCUT2D eigenvalue weighted by Gasteiger charge is -2.04. The minimum absolute atomic E-state index is 0.0146. The van der Waals surface area contributed by atoms with Crippen molar-refractivity contribution in [3.8, 4) is 5.69 Å². The van der Waals surface area contributed by atoms with E-state index in [0.717, 1.165) is 0 Å². The summed E-state index contributed by atoms with van der Waals surface area (Å²) in [5, 5.41) is 18.3. The molecule has 116 valence electrons. The van der Waals surface area contributed by atoms with Crippen LogP contribution in [0.5, 0.6) is 0 Å². The topological polar surface area (TPSA) is 77.0 Å². The van der Waals surface area contributed by atoms with Gasteiger partial charge in [-0.25, -0.2) is 9.07 Å². The number of aliphatic hydroxyl groups excluding tert-OH is 1. The number of hydrogen-bond donors (Lipinski definition) is 1. The van der Waals surface area contributed by atoms with E-state index in [1.807, 2.05) is 0 Å². The molecular weight excluding hydrogens is 323 g/mol. The van der Waals surface area contributed by atoms with Crippen molar-refractivity contribution in [2.24, 2.45) is 0 Å². The van der Waals surface area contributed by atoms with Crippen LogP contribution in [0.15, 0.2) is 28.8 Å². The molecule has 6 nitrogen and oxygen atoms in total. The number of aryl methyl sites for hydroxylation is 1. The number of pyridine rings is 1. The molecule has 4 rings (SSSR count). The van der Waals surface area contributed by atoms with Crippen LogP contribution in [0.4, 0.5) is 4.39 Å². The summed E-state index contributed by atoms with van der Waals surface area (Å²) < 4.78 is 20.6. The lowest BCUT2D eigenvalue weighted by Crippen LogP contribution is -1.99. The summed E-state index contributed by atoms with van der Waals surface area (Å²) in [7, 11) is 0. The number of benzene rings is 1. The van der Waals surface area contributed by atoms with Crippen molar-refractivity contribution in [1.29, 1.82) is 0 Å². The van der Waals surface area contributed by atoms with Gasteiger partial charge in [-0.1, -0.05) is 21.9 Å². The molecule has 1 aromatic carbocycles. The molecule has 0 spiro atoms. The van der Waals surface area contributed by atoms with Crippen LogP contribution in [-0.4, -0.2) is 25.1 Å².